The summed E-state index contributed by atoms with van der Waals surface area (Å²) in [6, 6.07) is 7.45. The van der Waals surface area contributed by atoms with Crippen molar-refractivity contribution < 1.29 is 4.79 Å². The van der Waals surface area contributed by atoms with Crippen LogP contribution in [0.5, 0.6) is 0 Å². The third-order valence-electron chi connectivity index (χ3n) is 4.47. The van der Waals surface area contributed by atoms with E-state index in [1.165, 1.54) is 22.2 Å². The van der Waals surface area contributed by atoms with Gasteiger partial charge >= 0.3 is 0 Å². The Morgan fingerprint density at radius 1 is 1.20 bits per heavy atom. The Morgan fingerprint density at radius 3 is 2.64 bits per heavy atom. The van der Waals surface area contributed by atoms with Gasteiger partial charge in [0.2, 0.25) is 5.91 Å². The van der Waals surface area contributed by atoms with Gasteiger partial charge in [-0.15, -0.1) is 11.3 Å². The van der Waals surface area contributed by atoms with Gasteiger partial charge in [0.15, 0.2) is 0 Å². The summed E-state index contributed by atoms with van der Waals surface area (Å²) in [5.41, 5.74) is 2.38. The number of fused-ring (bicyclic) bond motifs is 1. The molecule has 3 heterocycles. The molecule has 4 rings (SSSR count). The molecule has 1 aromatic carbocycles. The molecule has 0 radical (unpaired) electrons. The zero-order valence-electron chi connectivity index (χ0n) is 13.4. The molecule has 1 aliphatic rings. The maximum Gasteiger partial charge on any atom is 0.271 e. The minimum atomic E-state index is -0.164. The van der Waals surface area contributed by atoms with Crippen LogP contribution in [0.25, 0.3) is 21.3 Å². The van der Waals surface area contributed by atoms with Crippen molar-refractivity contribution in [2.24, 2.45) is 0 Å². The van der Waals surface area contributed by atoms with Crippen LogP contribution >= 0.6 is 22.9 Å². The van der Waals surface area contributed by atoms with Crippen molar-refractivity contribution in [3.8, 4) is 11.1 Å². The number of aromatic nitrogens is 2. The van der Waals surface area contributed by atoms with Gasteiger partial charge in [0.05, 0.1) is 11.8 Å². The van der Waals surface area contributed by atoms with E-state index in [-0.39, 0.29) is 18.0 Å². The van der Waals surface area contributed by atoms with E-state index in [0.29, 0.717) is 15.2 Å². The fraction of sp³-hybridized carbons (Fsp3) is 0.278. The number of halogens is 1. The fourth-order valence-corrected chi connectivity index (χ4v) is 4.20. The largest absolute Gasteiger partial charge is 0.341 e. The molecule has 0 atom stereocenters. The summed E-state index contributed by atoms with van der Waals surface area (Å²) in [7, 11) is 0. The second-order valence-corrected chi connectivity index (χ2v) is 7.42. The lowest BCUT2D eigenvalue weighted by Gasteiger charge is -2.15. The summed E-state index contributed by atoms with van der Waals surface area (Å²) < 4.78 is 1.98. The number of carbonyl (C=O) groups is 1. The second kappa shape index (κ2) is 6.61. The average Bonchev–Trinajstić information content (AvgIpc) is 3.28. The number of amides is 1. The van der Waals surface area contributed by atoms with Crippen LogP contribution in [0.3, 0.4) is 0 Å². The number of hydrogen-bond acceptors (Lipinski definition) is 4. The van der Waals surface area contributed by atoms with Crippen LogP contribution in [-0.4, -0.2) is 33.4 Å². The molecule has 7 heteroatoms. The highest BCUT2D eigenvalue weighted by Crippen LogP contribution is 2.31. The van der Waals surface area contributed by atoms with E-state index >= 15 is 0 Å². The van der Waals surface area contributed by atoms with Gasteiger partial charge in [-0.05, 0) is 30.5 Å². The first-order valence-corrected chi connectivity index (χ1v) is 9.39. The molecule has 0 unspecified atom stereocenters. The summed E-state index contributed by atoms with van der Waals surface area (Å²) in [5.74, 6) is -0.0183. The van der Waals surface area contributed by atoms with Gasteiger partial charge in [-0.1, -0.05) is 23.7 Å². The van der Waals surface area contributed by atoms with Gasteiger partial charge in [-0.2, -0.15) is 0 Å². The number of benzene rings is 1. The van der Waals surface area contributed by atoms with E-state index in [1.807, 2.05) is 34.5 Å². The summed E-state index contributed by atoms with van der Waals surface area (Å²) in [6.45, 7) is 1.61. The lowest BCUT2D eigenvalue weighted by molar-refractivity contribution is -0.130. The van der Waals surface area contributed by atoms with Crippen LogP contribution in [0.2, 0.25) is 5.02 Å². The Labute approximate surface area is 153 Å². The van der Waals surface area contributed by atoms with Gasteiger partial charge in [0.1, 0.15) is 11.2 Å². The first-order valence-electron chi connectivity index (χ1n) is 8.14. The van der Waals surface area contributed by atoms with Crippen molar-refractivity contribution in [1.29, 1.82) is 0 Å². The molecule has 0 saturated carbocycles. The number of carbonyl (C=O) groups excluding carboxylic acids is 1. The molecule has 1 saturated heterocycles. The zero-order valence-corrected chi connectivity index (χ0v) is 15.0. The van der Waals surface area contributed by atoms with Crippen LogP contribution < -0.4 is 5.56 Å². The lowest BCUT2D eigenvalue weighted by atomic mass is 10.1. The van der Waals surface area contributed by atoms with Gasteiger partial charge in [-0.25, -0.2) is 4.98 Å². The minimum absolute atomic E-state index is 0.0183. The molecule has 1 amide bonds. The first-order chi connectivity index (χ1) is 12.1. The van der Waals surface area contributed by atoms with E-state index < -0.39 is 0 Å². The highest BCUT2D eigenvalue weighted by atomic mass is 35.5. The summed E-state index contributed by atoms with van der Waals surface area (Å²) in [6.07, 6.45) is 3.55. The Morgan fingerprint density at radius 2 is 1.92 bits per heavy atom. The molecular formula is C18H16ClN3O2S. The maximum atomic E-state index is 12.7. The molecular weight excluding hydrogens is 358 g/mol. The zero-order chi connectivity index (χ0) is 17.4. The molecule has 3 aromatic rings. The third-order valence-corrected chi connectivity index (χ3v) is 5.67. The molecule has 128 valence electrons. The van der Waals surface area contributed by atoms with Gasteiger partial charge < -0.3 is 4.90 Å². The van der Waals surface area contributed by atoms with Crippen molar-refractivity contribution in [1.82, 2.24) is 14.5 Å². The molecule has 1 fully saturated rings. The Bertz CT molecular complexity index is 988. The van der Waals surface area contributed by atoms with Crippen molar-refractivity contribution >= 4 is 39.1 Å². The third kappa shape index (κ3) is 3.07. The summed E-state index contributed by atoms with van der Waals surface area (Å²) in [4.78, 5) is 31.3. The molecule has 0 bridgehead atoms. The molecule has 0 aliphatic carbocycles. The van der Waals surface area contributed by atoms with Crippen molar-refractivity contribution in [2.45, 2.75) is 19.4 Å². The van der Waals surface area contributed by atoms with E-state index in [2.05, 4.69) is 4.98 Å². The minimum Gasteiger partial charge on any atom is -0.341 e. The Balaban J connectivity index is 1.68. The maximum absolute atomic E-state index is 12.7. The number of rotatable bonds is 3. The topological polar surface area (TPSA) is 55.2 Å². The average molecular weight is 374 g/mol. The SMILES string of the molecule is O=C(Cn1cnc2c(-c3ccc(Cl)cc3)csc2c1=O)N1CCCC1. The van der Waals surface area contributed by atoms with Crippen molar-refractivity contribution in [3.05, 3.63) is 51.3 Å². The van der Waals surface area contributed by atoms with Gasteiger partial charge in [0.25, 0.3) is 5.56 Å². The molecule has 0 N–H and O–H groups in total. The second-order valence-electron chi connectivity index (χ2n) is 6.10. The van der Waals surface area contributed by atoms with E-state index in [1.54, 1.807) is 0 Å². The molecule has 0 spiro atoms. The van der Waals surface area contributed by atoms with E-state index in [9.17, 15) is 9.59 Å². The van der Waals surface area contributed by atoms with Gasteiger partial charge in [-0.3, -0.25) is 14.2 Å². The normalized spacial score (nSPS) is 14.4. The van der Waals surface area contributed by atoms with Crippen LogP contribution in [0, 0.1) is 0 Å². The highest BCUT2D eigenvalue weighted by Gasteiger charge is 2.19. The molecule has 1 aliphatic heterocycles. The fourth-order valence-electron chi connectivity index (χ4n) is 3.10. The van der Waals surface area contributed by atoms with Crippen LogP contribution in [0.4, 0.5) is 0 Å². The molecule has 5 nitrogen and oxygen atoms in total. The molecule has 2 aromatic heterocycles. The van der Waals surface area contributed by atoms with Crippen LogP contribution in [-0.2, 0) is 11.3 Å². The lowest BCUT2D eigenvalue weighted by Crippen LogP contribution is -2.34. The highest BCUT2D eigenvalue weighted by molar-refractivity contribution is 7.17. The van der Waals surface area contributed by atoms with Crippen molar-refractivity contribution in [2.75, 3.05) is 13.1 Å². The predicted octanol–water partition coefficient (Wildman–Crippen LogP) is 3.40. The summed E-state index contributed by atoms with van der Waals surface area (Å²) in [5, 5.41) is 2.59. The predicted molar refractivity (Wildman–Crippen MR) is 100 cm³/mol. The Hall–Kier alpha value is -2.18. The van der Waals surface area contributed by atoms with Crippen LogP contribution in [0.1, 0.15) is 12.8 Å². The Kier molecular flexibility index (Phi) is 4.31. The van der Waals surface area contributed by atoms with E-state index in [4.69, 9.17) is 11.6 Å². The number of hydrogen-bond donors (Lipinski definition) is 0. The molecule has 25 heavy (non-hydrogen) atoms. The number of thiophene rings is 1. The van der Waals surface area contributed by atoms with E-state index in [0.717, 1.165) is 37.1 Å². The van der Waals surface area contributed by atoms with Gasteiger partial charge in [0, 0.05) is 29.1 Å². The summed E-state index contributed by atoms with van der Waals surface area (Å²) >= 11 is 7.30. The monoisotopic (exact) mass is 373 g/mol. The standard InChI is InChI=1S/C18H16ClN3O2S/c19-13-5-3-12(4-6-13)14-10-25-17-16(14)20-11-22(18(17)24)9-15(23)21-7-1-2-8-21/h3-6,10-11H,1-2,7-9H2. The first kappa shape index (κ1) is 16.3. The van der Waals surface area contributed by atoms with Crippen LogP contribution in [0.15, 0.2) is 40.8 Å². The number of likely N-dealkylation sites (tertiary alicyclic amines) is 1. The smallest absolute Gasteiger partial charge is 0.271 e. The van der Waals surface area contributed by atoms with Crippen molar-refractivity contribution in [3.63, 3.8) is 0 Å². The number of nitrogens with zero attached hydrogens (tertiary/aromatic N) is 3. The quantitative estimate of drug-likeness (QED) is 0.707.